The Morgan fingerprint density at radius 3 is 2.62 bits per heavy atom. The first-order chi connectivity index (χ1) is 18.0. The second kappa shape index (κ2) is 9.70. The summed E-state index contributed by atoms with van der Waals surface area (Å²) in [6.45, 7) is 0.963. The summed E-state index contributed by atoms with van der Waals surface area (Å²) in [6, 6.07) is 8.37. The van der Waals surface area contributed by atoms with E-state index < -0.39 is 9.84 Å². The molecule has 3 aromatic heterocycles. The molecule has 0 spiro atoms. The van der Waals surface area contributed by atoms with Gasteiger partial charge in [0.2, 0.25) is 5.95 Å². The van der Waals surface area contributed by atoms with Crippen LogP contribution in [-0.2, 0) is 9.84 Å². The van der Waals surface area contributed by atoms with Crippen molar-refractivity contribution < 1.29 is 13.2 Å². The summed E-state index contributed by atoms with van der Waals surface area (Å²) in [6.07, 6.45) is 11.6. The Labute approximate surface area is 216 Å². The van der Waals surface area contributed by atoms with E-state index in [9.17, 15) is 8.42 Å². The molecule has 1 saturated carbocycles. The molecule has 10 nitrogen and oxygen atoms in total. The molecule has 2 N–H and O–H groups in total. The number of ether oxygens (including phenoxy) is 1. The Morgan fingerprint density at radius 2 is 1.89 bits per heavy atom. The highest BCUT2D eigenvalue weighted by atomic mass is 32.2. The lowest BCUT2D eigenvalue weighted by molar-refractivity contribution is 0.362. The number of benzene rings is 1. The van der Waals surface area contributed by atoms with Gasteiger partial charge in [0.05, 0.1) is 36.2 Å². The van der Waals surface area contributed by atoms with Crippen molar-refractivity contribution in [1.29, 1.82) is 0 Å². The summed E-state index contributed by atoms with van der Waals surface area (Å²) in [7, 11) is -1.31. The minimum Gasteiger partial charge on any atom is -0.494 e. The molecular formula is C26H31N7O3S. The number of nitrogens with zero attached hydrogens (tertiary/aromatic N) is 5. The number of anilines is 3. The number of aromatic amines is 1. The normalized spacial score (nSPS) is 18.2. The molecule has 0 amide bonds. The summed E-state index contributed by atoms with van der Waals surface area (Å²) in [5, 5.41) is 11.4. The van der Waals surface area contributed by atoms with Crippen LogP contribution in [0.4, 0.5) is 17.3 Å². The highest BCUT2D eigenvalue weighted by Gasteiger charge is 2.24. The quantitative estimate of drug-likeness (QED) is 0.385. The molecule has 0 radical (unpaired) electrons. The molecule has 1 aromatic carbocycles. The van der Waals surface area contributed by atoms with Gasteiger partial charge in [0.1, 0.15) is 11.4 Å². The lowest BCUT2D eigenvalue weighted by Gasteiger charge is -2.29. The summed E-state index contributed by atoms with van der Waals surface area (Å²) in [5.41, 5.74) is 4.74. The highest BCUT2D eigenvalue weighted by Crippen LogP contribution is 2.37. The maximum absolute atomic E-state index is 11.8. The van der Waals surface area contributed by atoms with E-state index in [1.807, 2.05) is 36.8 Å². The molecule has 194 valence electrons. The number of sulfone groups is 1. The Bertz CT molecular complexity index is 1490. The molecular weight excluding hydrogens is 490 g/mol. The predicted molar refractivity (Wildman–Crippen MR) is 144 cm³/mol. The van der Waals surface area contributed by atoms with E-state index in [4.69, 9.17) is 9.72 Å². The number of rotatable bonds is 6. The molecule has 1 aliphatic heterocycles. The third-order valence-electron chi connectivity index (χ3n) is 7.45. The van der Waals surface area contributed by atoms with Gasteiger partial charge in [-0.3, -0.25) is 5.10 Å². The molecule has 2 aliphatic rings. The lowest BCUT2D eigenvalue weighted by atomic mass is 9.95. The lowest BCUT2D eigenvalue weighted by Crippen LogP contribution is -2.40. The van der Waals surface area contributed by atoms with E-state index >= 15 is 0 Å². The zero-order valence-corrected chi connectivity index (χ0v) is 21.7. The maximum Gasteiger partial charge on any atom is 0.229 e. The van der Waals surface area contributed by atoms with Gasteiger partial charge in [0.25, 0.3) is 0 Å². The van der Waals surface area contributed by atoms with Gasteiger partial charge in [-0.2, -0.15) is 10.1 Å². The monoisotopic (exact) mass is 521 g/mol. The van der Waals surface area contributed by atoms with Gasteiger partial charge in [0, 0.05) is 54.2 Å². The molecule has 6 rings (SSSR count). The van der Waals surface area contributed by atoms with Crippen LogP contribution in [0.3, 0.4) is 0 Å². The van der Waals surface area contributed by atoms with Gasteiger partial charge < -0.3 is 19.5 Å². The standard InChI is InChI=1S/C26H31N7O3S/c1-36-24-14-21(32-9-11-37(34,35)12-10-32)7-8-22(24)30-26-27-15-18-13-23(19-16-28-29-17-19)33(25(18)31-26)20-5-3-2-4-6-20/h7-8,13-17,20H,2-6,9-12H2,1H3,(H,28,29)(H,27,30,31). The van der Waals surface area contributed by atoms with Gasteiger partial charge >= 0.3 is 0 Å². The second-order valence-corrected chi connectivity index (χ2v) is 12.1. The average Bonchev–Trinajstić information content (AvgIpc) is 3.57. The van der Waals surface area contributed by atoms with E-state index in [1.54, 1.807) is 7.11 Å². The molecule has 1 aliphatic carbocycles. The maximum atomic E-state index is 11.8. The van der Waals surface area contributed by atoms with Crippen molar-refractivity contribution in [3.05, 3.63) is 42.9 Å². The number of nitrogens with one attached hydrogen (secondary N) is 2. The first kappa shape index (κ1) is 23.8. The molecule has 0 atom stereocenters. The zero-order chi connectivity index (χ0) is 25.4. The van der Waals surface area contributed by atoms with Crippen LogP contribution < -0.4 is 15.0 Å². The van der Waals surface area contributed by atoms with E-state index in [0.717, 1.165) is 46.5 Å². The van der Waals surface area contributed by atoms with Gasteiger partial charge in [0.15, 0.2) is 9.84 Å². The van der Waals surface area contributed by atoms with Crippen molar-refractivity contribution in [2.24, 2.45) is 0 Å². The van der Waals surface area contributed by atoms with Crippen molar-refractivity contribution >= 4 is 38.2 Å². The number of hydrogen-bond donors (Lipinski definition) is 2. The first-order valence-corrected chi connectivity index (χ1v) is 14.6. The number of methoxy groups -OCH3 is 1. The van der Waals surface area contributed by atoms with Crippen molar-refractivity contribution in [3.8, 4) is 17.0 Å². The van der Waals surface area contributed by atoms with Gasteiger partial charge in [-0.1, -0.05) is 19.3 Å². The van der Waals surface area contributed by atoms with E-state index in [-0.39, 0.29) is 11.5 Å². The molecule has 4 aromatic rings. The van der Waals surface area contributed by atoms with Crippen molar-refractivity contribution in [3.63, 3.8) is 0 Å². The third-order valence-corrected chi connectivity index (χ3v) is 9.06. The molecule has 0 unspecified atom stereocenters. The van der Waals surface area contributed by atoms with Crippen LogP contribution >= 0.6 is 0 Å². The number of fused-ring (bicyclic) bond motifs is 1. The molecule has 2 fully saturated rings. The molecule has 11 heteroatoms. The SMILES string of the molecule is COc1cc(N2CCS(=O)(=O)CC2)ccc1Nc1ncc2cc(-c3cn[nH]c3)n(C3CCCCC3)c2n1. The van der Waals surface area contributed by atoms with E-state index in [1.165, 1.54) is 19.3 Å². The fourth-order valence-electron chi connectivity index (χ4n) is 5.46. The smallest absolute Gasteiger partial charge is 0.229 e. The van der Waals surface area contributed by atoms with Crippen LogP contribution in [0, 0.1) is 0 Å². The van der Waals surface area contributed by atoms with E-state index in [0.29, 0.717) is 30.8 Å². The zero-order valence-electron chi connectivity index (χ0n) is 20.9. The Kier molecular flexibility index (Phi) is 6.23. The Balaban J connectivity index is 1.32. The largest absolute Gasteiger partial charge is 0.494 e. The molecule has 1 saturated heterocycles. The molecule has 0 bridgehead atoms. The van der Waals surface area contributed by atoms with Crippen LogP contribution in [0.2, 0.25) is 0 Å². The van der Waals surface area contributed by atoms with Crippen molar-refractivity contribution in [2.75, 3.05) is 41.9 Å². The highest BCUT2D eigenvalue weighted by molar-refractivity contribution is 7.91. The number of aromatic nitrogens is 5. The summed E-state index contributed by atoms with van der Waals surface area (Å²) in [4.78, 5) is 11.6. The van der Waals surface area contributed by atoms with Gasteiger partial charge in [-0.25, -0.2) is 13.4 Å². The number of H-pyrrole nitrogens is 1. The summed E-state index contributed by atoms with van der Waals surface area (Å²) >= 11 is 0. The van der Waals surface area contributed by atoms with Gasteiger partial charge in [-0.05, 0) is 31.0 Å². The van der Waals surface area contributed by atoms with Crippen molar-refractivity contribution in [2.45, 2.75) is 38.1 Å². The van der Waals surface area contributed by atoms with Crippen LogP contribution in [0.5, 0.6) is 5.75 Å². The molecule has 4 heterocycles. The topological polar surface area (TPSA) is 118 Å². The second-order valence-electron chi connectivity index (χ2n) is 9.80. The Morgan fingerprint density at radius 1 is 1.08 bits per heavy atom. The summed E-state index contributed by atoms with van der Waals surface area (Å²) in [5.74, 6) is 1.49. The van der Waals surface area contributed by atoms with Gasteiger partial charge in [-0.15, -0.1) is 0 Å². The summed E-state index contributed by atoms with van der Waals surface area (Å²) < 4.78 is 31.7. The fraction of sp³-hybridized carbons (Fsp3) is 0.423. The van der Waals surface area contributed by atoms with Crippen LogP contribution in [-0.4, -0.2) is 64.9 Å². The van der Waals surface area contributed by atoms with Crippen LogP contribution in [0.25, 0.3) is 22.3 Å². The minimum atomic E-state index is -2.94. The third kappa shape index (κ3) is 4.75. The first-order valence-electron chi connectivity index (χ1n) is 12.8. The van der Waals surface area contributed by atoms with Crippen molar-refractivity contribution in [1.82, 2.24) is 24.7 Å². The van der Waals surface area contributed by atoms with Crippen LogP contribution in [0.1, 0.15) is 38.1 Å². The predicted octanol–water partition coefficient (Wildman–Crippen LogP) is 4.31. The van der Waals surface area contributed by atoms with Crippen LogP contribution in [0.15, 0.2) is 42.9 Å². The Hall–Kier alpha value is -3.60. The fourth-order valence-corrected chi connectivity index (χ4v) is 6.66. The molecule has 37 heavy (non-hydrogen) atoms. The minimum absolute atomic E-state index is 0.171. The number of hydrogen-bond acceptors (Lipinski definition) is 8. The van der Waals surface area contributed by atoms with E-state index in [2.05, 4.69) is 36.0 Å². The average molecular weight is 522 g/mol.